The number of imidazole rings is 1. The summed E-state index contributed by atoms with van der Waals surface area (Å²) in [4.78, 5) is 13.1. The van der Waals surface area contributed by atoms with Crippen LogP contribution in [0.25, 0.3) is 0 Å². The van der Waals surface area contributed by atoms with E-state index in [9.17, 15) is 4.79 Å². The van der Waals surface area contributed by atoms with Crippen molar-refractivity contribution in [2.75, 3.05) is 0 Å². The highest BCUT2D eigenvalue weighted by Gasteiger charge is 2.52. The lowest BCUT2D eigenvalue weighted by molar-refractivity contribution is -0.702. The van der Waals surface area contributed by atoms with Gasteiger partial charge in [-0.2, -0.15) is 0 Å². The Bertz CT molecular complexity index is 847. The van der Waals surface area contributed by atoms with Crippen LogP contribution in [0, 0.1) is 0 Å². The normalized spacial score (nSPS) is 18.7. The van der Waals surface area contributed by atoms with Crippen LogP contribution in [0.1, 0.15) is 24.5 Å². The first kappa shape index (κ1) is 16.6. The third-order valence-corrected chi connectivity index (χ3v) is 5.22. The Kier molecular flexibility index (Phi) is 4.33. The number of carbonyl (C=O) groups excluding carboxylic acids is 1. The lowest BCUT2D eigenvalue weighted by Gasteiger charge is -2.26. The van der Waals surface area contributed by atoms with E-state index in [4.69, 9.17) is 4.74 Å². The minimum Gasteiger partial charge on any atom is -0.457 e. The molecule has 1 saturated heterocycles. The van der Waals surface area contributed by atoms with Gasteiger partial charge in [-0.25, -0.2) is 9.13 Å². The van der Waals surface area contributed by atoms with Crippen molar-refractivity contribution >= 4 is 5.97 Å². The van der Waals surface area contributed by atoms with Gasteiger partial charge in [0, 0.05) is 6.42 Å². The number of cyclic esters (lactones) is 1. The van der Waals surface area contributed by atoms with E-state index in [-0.39, 0.29) is 12.1 Å². The van der Waals surface area contributed by atoms with Gasteiger partial charge in [0.15, 0.2) is 0 Å². The summed E-state index contributed by atoms with van der Waals surface area (Å²) in [5.74, 6) is -0.157. The maximum absolute atomic E-state index is 13.1. The van der Waals surface area contributed by atoms with Gasteiger partial charge in [0.05, 0.1) is 6.54 Å². The molecule has 2 aromatic carbocycles. The van der Waals surface area contributed by atoms with Crippen LogP contribution in [-0.4, -0.2) is 16.6 Å². The van der Waals surface area contributed by atoms with Gasteiger partial charge < -0.3 is 4.74 Å². The number of aromatic nitrogens is 2. The lowest BCUT2D eigenvalue weighted by Crippen LogP contribution is -2.38. The quantitative estimate of drug-likeness (QED) is 0.525. The van der Waals surface area contributed by atoms with Crippen molar-refractivity contribution in [1.29, 1.82) is 0 Å². The second-order valence-corrected chi connectivity index (χ2v) is 6.81. The van der Waals surface area contributed by atoms with Crippen LogP contribution in [0.15, 0.2) is 79.4 Å². The zero-order valence-corrected chi connectivity index (χ0v) is 14.9. The van der Waals surface area contributed by atoms with Crippen molar-refractivity contribution in [3.05, 3.63) is 90.5 Å². The lowest BCUT2D eigenvalue weighted by atomic mass is 9.72. The Morgan fingerprint density at radius 2 is 1.69 bits per heavy atom. The Labute approximate surface area is 153 Å². The highest BCUT2D eigenvalue weighted by atomic mass is 16.6. The monoisotopic (exact) mass is 347 g/mol. The van der Waals surface area contributed by atoms with Crippen molar-refractivity contribution in [2.45, 2.75) is 38.0 Å². The number of hydrogen-bond donors (Lipinski definition) is 0. The van der Waals surface area contributed by atoms with Crippen molar-refractivity contribution < 1.29 is 14.1 Å². The van der Waals surface area contributed by atoms with Crippen LogP contribution < -0.4 is 4.57 Å². The van der Waals surface area contributed by atoms with Crippen molar-refractivity contribution in [3.63, 3.8) is 0 Å². The number of benzene rings is 2. The molecule has 0 bridgehead atoms. The smallest absolute Gasteiger partial charge is 0.321 e. The molecule has 4 heteroatoms. The molecule has 0 radical (unpaired) electrons. The van der Waals surface area contributed by atoms with E-state index < -0.39 is 5.41 Å². The summed E-state index contributed by atoms with van der Waals surface area (Å²) in [6.07, 6.45) is 6.62. The molecular weight excluding hydrogens is 324 g/mol. The molecule has 1 unspecified atom stereocenters. The van der Waals surface area contributed by atoms with Gasteiger partial charge >= 0.3 is 5.97 Å². The molecule has 1 aromatic heterocycles. The van der Waals surface area contributed by atoms with E-state index in [1.54, 1.807) is 0 Å². The predicted molar refractivity (Wildman–Crippen MR) is 98.5 cm³/mol. The maximum Gasteiger partial charge on any atom is 0.321 e. The molecule has 0 N–H and O–H groups in total. The molecule has 0 amide bonds. The Morgan fingerprint density at radius 1 is 1.08 bits per heavy atom. The third kappa shape index (κ3) is 2.81. The summed E-state index contributed by atoms with van der Waals surface area (Å²) < 4.78 is 10.1. The van der Waals surface area contributed by atoms with Crippen LogP contribution in [0.4, 0.5) is 0 Å². The Morgan fingerprint density at radius 3 is 2.23 bits per heavy atom. The van der Waals surface area contributed by atoms with Crippen molar-refractivity contribution in [2.24, 2.45) is 0 Å². The number of esters is 1. The summed E-state index contributed by atoms with van der Waals surface area (Å²) in [7, 11) is 0. The topological polar surface area (TPSA) is 35.1 Å². The molecule has 3 aromatic rings. The van der Waals surface area contributed by atoms with Crippen molar-refractivity contribution in [3.8, 4) is 0 Å². The van der Waals surface area contributed by atoms with E-state index in [0.717, 1.165) is 17.7 Å². The number of aryl methyl sites for hydroxylation is 1. The minimum atomic E-state index is -0.735. The first-order chi connectivity index (χ1) is 12.7. The third-order valence-electron chi connectivity index (χ3n) is 5.22. The molecule has 0 spiro atoms. The van der Waals surface area contributed by atoms with Gasteiger partial charge in [0.2, 0.25) is 6.33 Å². The van der Waals surface area contributed by atoms with Crippen molar-refractivity contribution in [1.82, 2.24) is 4.57 Å². The summed E-state index contributed by atoms with van der Waals surface area (Å²) in [6, 6.07) is 20.0. The fourth-order valence-electron chi connectivity index (χ4n) is 3.87. The first-order valence-electron chi connectivity index (χ1n) is 9.09. The number of ether oxygens (including phenoxy) is 1. The van der Waals surface area contributed by atoms with E-state index in [1.165, 1.54) is 0 Å². The molecule has 1 aliphatic heterocycles. The van der Waals surface area contributed by atoms with Crippen LogP contribution in [0.5, 0.6) is 0 Å². The van der Waals surface area contributed by atoms with E-state index in [2.05, 4.69) is 22.4 Å². The van der Waals surface area contributed by atoms with Crippen LogP contribution in [0.3, 0.4) is 0 Å². The Hall–Kier alpha value is -2.88. The number of hydrogen-bond acceptors (Lipinski definition) is 2. The SMILES string of the molecule is CCn1cc[n+](CC2CC(c3ccccc3)(c3ccccc3)C(=O)O2)c1. The molecule has 0 saturated carbocycles. The van der Waals surface area contributed by atoms with Crippen LogP contribution in [-0.2, 0) is 28.0 Å². The molecule has 2 heterocycles. The average molecular weight is 347 g/mol. The van der Waals surface area contributed by atoms with Gasteiger partial charge in [-0.1, -0.05) is 60.7 Å². The van der Waals surface area contributed by atoms with Gasteiger partial charge in [-0.15, -0.1) is 0 Å². The number of rotatable bonds is 5. The summed E-state index contributed by atoms with van der Waals surface area (Å²) in [6.45, 7) is 3.70. The molecule has 132 valence electrons. The van der Waals surface area contributed by atoms with E-state index in [1.807, 2.05) is 73.1 Å². The zero-order chi connectivity index (χ0) is 18.0. The molecule has 1 aliphatic rings. The fourth-order valence-corrected chi connectivity index (χ4v) is 3.87. The van der Waals surface area contributed by atoms with E-state index >= 15 is 0 Å². The maximum atomic E-state index is 13.1. The van der Waals surface area contributed by atoms with E-state index in [0.29, 0.717) is 13.0 Å². The highest BCUT2D eigenvalue weighted by molar-refractivity contribution is 5.89. The van der Waals surface area contributed by atoms with Gasteiger partial charge in [0.1, 0.15) is 30.5 Å². The van der Waals surface area contributed by atoms with Crippen LogP contribution in [0.2, 0.25) is 0 Å². The molecule has 0 aliphatic carbocycles. The summed E-state index contributed by atoms with van der Waals surface area (Å²) in [5, 5.41) is 0. The predicted octanol–water partition coefficient (Wildman–Crippen LogP) is 3.10. The zero-order valence-electron chi connectivity index (χ0n) is 14.9. The standard InChI is InChI=1S/C22H23N2O2/c1-2-23-13-14-24(17-23)16-20-15-22(21(25)26-20,18-9-5-3-6-10-18)19-11-7-4-8-12-19/h3-14,17,20H,2,15-16H2,1H3/q+1. The highest BCUT2D eigenvalue weighted by Crippen LogP contribution is 2.43. The molecule has 1 fully saturated rings. The number of carbonyl (C=O) groups is 1. The Balaban J connectivity index is 1.69. The molecule has 26 heavy (non-hydrogen) atoms. The van der Waals surface area contributed by atoms with Gasteiger partial charge in [-0.3, -0.25) is 4.79 Å². The average Bonchev–Trinajstić information content (AvgIpc) is 3.28. The number of nitrogens with zero attached hydrogens (tertiary/aromatic N) is 2. The second-order valence-electron chi connectivity index (χ2n) is 6.81. The second kappa shape index (κ2) is 6.79. The molecule has 1 atom stereocenters. The van der Waals surface area contributed by atoms with Gasteiger partial charge in [0.25, 0.3) is 0 Å². The molecule has 4 rings (SSSR count). The largest absolute Gasteiger partial charge is 0.457 e. The first-order valence-corrected chi connectivity index (χ1v) is 9.09. The summed E-state index contributed by atoms with van der Waals surface area (Å²) >= 11 is 0. The minimum absolute atomic E-state index is 0.152. The molecular formula is C22H23N2O2+. The molecule has 4 nitrogen and oxygen atoms in total. The van der Waals surface area contributed by atoms with Gasteiger partial charge in [-0.05, 0) is 18.1 Å². The summed E-state index contributed by atoms with van der Waals surface area (Å²) in [5.41, 5.74) is 1.26. The van der Waals surface area contributed by atoms with Crippen LogP contribution >= 0.6 is 0 Å². The fraction of sp³-hybridized carbons (Fsp3) is 0.273.